The fourth-order valence-corrected chi connectivity index (χ4v) is 1.57. The van der Waals surface area contributed by atoms with Crippen molar-refractivity contribution in [1.82, 2.24) is 4.98 Å². The van der Waals surface area contributed by atoms with Gasteiger partial charge in [0.25, 0.3) is 6.01 Å². The molecule has 1 aromatic carbocycles. The lowest BCUT2D eigenvalue weighted by atomic mass is 10.2. The Bertz CT molecular complexity index is 495. The fraction of sp³-hybridized carbons (Fsp3) is 0.417. The fourth-order valence-electron chi connectivity index (χ4n) is 1.57. The second-order valence-electron chi connectivity index (χ2n) is 4.02. The van der Waals surface area contributed by atoms with E-state index in [1.165, 1.54) is 0 Å². The number of nitrogens with zero attached hydrogens (tertiary/aromatic N) is 1. The van der Waals surface area contributed by atoms with E-state index in [9.17, 15) is 5.11 Å². The maximum atomic E-state index is 9.40. The van der Waals surface area contributed by atoms with Crippen LogP contribution in [-0.4, -0.2) is 22.7 Å². The molecule has 2 rings (SSSR count). The Morgan fingerprint density at radius 1 is 1.53 bits per heavy atom. The van der Waals surface area contributed by atoms with Gasteiger partial charge in [0.1, 0.15) is 5.52 Å². The van der Waals surface area contributed by atoms with E-state index in [1.807, 2.05) is 6.92 Å². The summed E-state index contributed by atoms with van der Waals surface area (Å²) >= 11 is 0. The van der Waals surface area contributed by atoms with Crippen molar-refractivity contribution in [3.63, 3.8) is 0 Å². The zero-order valence-electron chi connectivity index (χ0n) is 9.81. The number of nitrogens with one attached hydrogen (secondary N) is 1. The summed E-state index contributed by atoms with van der Waals surface area (Å²) in [6.07, 6.45) is 1.16. The standard InChI is InChI=1S/C12H17N3O2/c1-2-9(16)5-6-14-12-15-10-7-8(13)3-4-11(10)17-12/h3-4,7,9,16H,2,5-6,13H2,1H3,(H,14,15). The number of hydrogen-bond acceptors (Lipinski definition) is 5. The quantitative estimate of drug-likeness (QED) is 0.690. The first-order valence-corrected chi connectivity index (χ1v) is 5.77. The molecule has 17 heavy (non-hydrogen) atoms. The summed E-state index contributed by atoms with van der Waals surface area (Å²) < 4.78 is 5.48. The highest BCUT2D eigenvalue weighted by Crippen LogP contribution is 2.20. The summed E-state index contributed by atoms with van der Waals surface area (Å²) in [5, 5.41) is 12.4. The molecule has 0 amide bonds. The molecular formula is C12H17N3O2. The summed E-state index contributed by atoms with van der Waals surface area (Å²) in [6, 6.07) is 5.81. The summed E-state index contributed by atoms with van der Waals surface area (Å²) in [5.74, 6) is 0. The van der Waals surface area contributed by atoms with Gasteiger partial charge in [-0.3, -0.25) is 0 Å². The van der Waals surface area contributed by atoms with Crippen LogP contribution in [0.2, 0.25) is 0 Å². The Hall–Kier alpha value is -1.75. The van der Waals surface area contributed by atoms with Gasteiger partial charge < -0.3 is 20.6 Å². The Morgan fingerprint density at radius 2 is 2.35 bits per heavy atom. The van der Waals surface area contributed by atoms with Crippen LogP contribution in [0, 0.1) is 0 Å². The third kappa shape index (κ3) is 2.88. The molecule has 4 N–H and O–H groups in total. The van der Waals surface area contributed by atoms with Crippen LogP contribution in [0.1, 0.15) is 19.8 Å². The Kier molecular flexibility index (Phi) is 3.49. The first-order valence-electron chi connectivity index (χ1n) is 5.77. The third-order valence-electron chi connectivity index (χ3n) is 2.64. The summed E-state index contributed by atoms with van der Waals surface area (Å²) in [7, 11) is 0. The van der Waals surface area contributed by atoms with Crippen molar-refractivity contribution in [2.75, 3.05) is 17.6 Å². The molecule has 0 aliphatic rings. The average Bonchev–Trinajstić information content (AvgIpc) is 2.70. The van der Waals surface area contributed by atoms with Crippen molar-refractivity contribution in [3.05, 3.63) is 18.2 Å². The largest absolute Gasteiger partial charge is 0.424 e. The number of oxazole rings is 1. The maximum Gasteiger partial charge on any atom is 0.295 e. The number of aromatic nitrogens is 1. The maximum absolute atomic E-state index is 9.40. The Morgan fingerprint density at radius 3 is 3.12 bits per heavy atom. The number of nitrogen functional groups attached to an aromatic ring is 1. The van der Waals surface area contributed by atoms with Crippen molar-refractivity contribution in [2.45, 2.75) is 25.9 Å². The van der Waals surface area contributed by atoms with Gasteiger partial charge in [0.15, 0.2) is 5.58 Å². The van der Waals surface area contributed by atoms with Gasteiger partial charge >= 0.3 is 0 Å². The highest BCUT2D eigenvalue weighted by Gasteiger charge is 2.06. The molecule has 1 aromatic heterocycles. The number of fused-ring (bicyclic) bond motifs is 1. The van der Waals surface area contributed by atoms with E-state index in [2.05, 4.69) is 10.3 Å². The molecule has 0 aliphatic carbocycles. The normalized spacial score (nSPS) is 12.8. The Labute approximate surface area is 99.6 Å². The number of anilines is 2. The van der Waals surface area contributed by atoms with Crippen LogP contribution in [-0.2, 0) is 0 Å². The highest BCUT2D eigenvalue weighted by molar-refractivity contribution is 5.78. The smallest absolute Gasteiger partial charge is 0.295 e. The first-order chi connectivity index (χ1) is 8.19. The van der Waals surface area contributed by atoms with Crippen LogP contribution in [0.15, 0.2) is 22.6 Å². The molecule has 5 nitrogen and oxygen atoms in total. The van der Waals surface area contributed by atoms with E-state index in [0.29, 0.717) is 30.3 Å². The van der Waals surface area contributed by atoms with Crippen molar-refractivity contribution in [1.29, 1.82) is 0 Å². The average molecular weight is 235 g/mol. The van der Waals surface area contributed by atoms with Crippen molar-refractivity contribution >= 4 is 22.8 Å². The van der Waals surface area contributed by atoms with Crippen molar-refractivity contribution in [3.8, 4) is 0 Å². The van der Waals surface area contributed by atoms with Gasteiger partial charge in [-0.1, -0.05) is 6.92 Å². The minimum Gasteiger partial charge on any atom is -0.424 e. The zero-order chi connectivity index (χ0) is 12.3. The molecule has 1 heterocycles. The van der Waals surface area contributed by atoms with Crippen LogP contribution in [0.3, 0.4) is 0 Å². The third-order valence-corrected chi connectivity index (χ3v) is 2.64. The molecule has 0 fully saturated rings. The van der Waals surface area contributed by atoms with Crippen LogP contribution < -0.4 is 11.1 Å². The van der Waals surface area contributed by atoms with Gasteiger partial charge in [-0.25, -0.2) is 0 Å². The zero-order valence-corrected chi connectivity index (χ0v) is 9.81. The number of hydrogen-bond donors (Lipinski definition) is 3. The van der Waals surface area contributed by atoms with Crippen LogP contribution in [0.4, 0.5) is 11.7 Å². The molecule has 0 radical (unpaired) electrons. The second-order valence-corrected chi connectivity index (χ2v) is 4.02. The van der Waals surface area contributed by atoms with E-state index in [0.717, 1.165) is 11.9 Å². The van der Waals surface area contributed by atoms with Gasteiger partial charge in [0, 0.05) is 12.2 Å². The topological polar surface area (TPSA) is 84.3 Å². The lowest BCUT2D eigenvalue weighted by Crippen LogP contribution is -2.12. The number of benzene rings is 1. The van der Waals surface area contributed by atoms with Crippen molar-refractivity contribution < 1.29 is 9.52 Å². The van der Waals surface area contributed by atoms with Gasteiger partial charge in [0.05, 0.1) is 6.10 Å². The molecular weight excluding hydrogens is 218 g/mol. The highest BCUT2D eigenvalue weighted by atomic mass is 16.4. The molecule has 2 aromatic rings. The van der Waals surface area contributed by atoms with Gasteiger partial charge in [-0.15, -0.1) is 0 Å². The van der Waals surface area contributed by atoms with E-state index < -0.39 is 0 Å². The predicted molar refractivity (Wildman–Crippen MR) is 67.8 cm³/mol. The lowest BCUT2D eigenvalue weighted by Gasteiger charge is -2.06. The molecule has 1 unspecified atom stereocenters. The van der Waals surface area contributed by atoms with Crippen LogP contribution >= 0.6 is 0 Å². The Balaban J connectivity index is 1.99. The summed E-state index contributed by atoms with van der Waals surface area (Å²) in [4.78, 5) is 4.26. The van der Waals surface area contributed by atoms with E-state index in [4.69, 9.17) is 10.2 Å². The molecule has 92 valence electrons. The van der Waals surface area contributed by atoms with E-state index in [1.54, 1.807) is 18.2 Å². The van der Waals surface area contributed by atoms with Crippen molar-refractivity contribution in [2.24, 2.45) is 0 Å². The summed E-state index contributed by atoms with van der Waals surface area (Å²) in [6.45, 7) is 2.59. The van der Waals surface area contributed by atoms with E-state index in [-0.39, 0.29) is 6.10 Å². The molecule has 0 saturated heterocycles. The SMILES string of the molecule is CCC(O)CCNc1nc2cc(N)ccc2o1. The number of aliphatic hydroxyl groups is 1. The molecule has 0 bridgehead atoms. The number of nitrogens with two attached hydrogens (primary N) is 1. The monoisotopic (exact) mass is 235 g/mol. The minimum atomic E-state index is -0.275. The molecule has 0 saturated carbocycles. The number of aliphatic hydroxyl groups excluding tert-OH is 1. The van der Waals surface area contributed by atoms with Gasteiger partial charge in [-0.05, 0) is 31.0 Å². The summed E-state index contributed by atoms with van der Waals surface area (Å²) in [5.41, 5.74) is 7.77. The first kappa shape index (κ1) is 11.7. The second kappa shape index (κ2) is 5.05. The molecule has 5 heteroatoms. The minimum absolute atomic E-state index is 0.275. The van der Waals surface area contributed by atoms with Gasteiger partial charge in [0.2, 0.25) is 0 Å². The number of rotatable bonds is 5. The molecule has 0 aliphatic heterocycles. The molecule has 1 atom stereocenters. The van der Waals surface area contributed by atoms with E-state index >= 15 is 0 Å². The van der Waals surface area contributed by atoms with Gasteiger partial charge in [-0.2, -0.15) is 4.98 Å². The molecule has 0 spiro atoms. The van der Waals surface area contributed by atoms with Crippen LogP contribution in [0.25, 0.3) is 11.1 Å². The lowest BCUT2D eigenvalue weighted by molar-refractivity contribution is 0.164. The predicted octanol–water partition coefficient (Wildman–Crippen LogP) is 1.98. The van der Waals surface area contributed by atoms with Crippen LogP contribution in [0.5, 0.6) is 0 Å².